The fourth-order valence-electron chi connectivity index (χ4n) is 2.56. The van der Waals surface area contributed by atoms with Crippen LogP contribution >= 0.6 is 0 Å². The van der Waals surface area contributed by atoms with Crippen molar-refractivity contribution in [1.82, 2.24) is 0 Å². The first-order valence-corrected chi connectivity index (χ1v) is 4.56. The lowest BCUT2D eigenvalue weighted by molar-refractivity contribution is -0.109. The molecule has 68 valence electrons. The average molecular weight is 170 g/mol. The van der Waals surface area contributed by atoms with Gasteiger partial charge in [0, 0.05) is 18.9 Å². The Balaban J connectivity index is 2.05. The number of fused-ring (bicyclic) bond motifs is 2. The predicted molar refractivity (Wildman–Crippen MR) is 42.6 cm³/mol. The van der Waals surface area contributed by atoms with Gasteiger partial charge in [-0.2, -0.15) is 0 Å². The highest BCUT2D eigenvalue weighted by atomic mass is 16.5. The smallest absolute Gasteiger partial charge is 0.120 e. The highest BCUT2D eigenvalue weighted by Gasteiger charge is 2.47. The van der Waals surface area contributed by atoms with Gasteiger partial charge in [0.25, 0.3) is 0 Å². The van der Waals surface area contributed by atoms with Gasteiger partial charge in [-0.15, -0.1) is 0 Å². The third-order valence-corrected chi connectivity index (χ3v) is 3.17. The summed E-state index contributed by atoms with van der Waals surface area (Å²) in [6.45, 7) is 0.166. The van der Waals surface area contributed by atoms with Gasteiger partial charge in [0.2, 0.25) is 0 Å². The number of aliphatic hydroxyl groups is 1. The number of hydrogen-bond acceptors (Lipinski definition) is 3. The van der Waals surface area contributed by atoms with Crippen molar-refractivity contribution in [2.24, 2.45) is 11.8 Å². The van der Waals surface area contributed by atoms with Crippen LogP contribution in [-0.2, 0) is 9.53 Å². The van der Waals surface area contributed by atoms with Gasteiger partial charge in [-0.1, -0.05) is 0 Å². The summed E-state index contributed by atoms with van der Waals surface area (Å²) in [5.41, 5.74) is 0. The molecule has 2 heterocycles. The summed E-state index contributed by atoms with van der Waals surface area (Å²) in [6.07, 6.45) is 4.09. The number of ether oxygens (including phenoxy) is 1. The molecule has 0 spiro atoms. The number of rotatable bonds is 3. The Morgan fingerprint density at radius 3 is 2.58 bits per heavy atom. The predicted octanol–water partition coefficient (Wildman–Crippen LogP) is 0.361. The van der Waals surface area contributed by atoms with E-state index in [2.05, 4.69) is 0 Å². The van der Waals surface area contributed by atoms with E-state index in [1.165, 1.54) is 0 Å². The zero-order chi connectivity index (χ0) is 8.55. The molecule has 2 aliphatic rings. The van der Waals surface area contributed by atoms with E-state index in [0.717, 1.165) is 19.1 Å². The lowest BCUT2D eigenvalue weighted by Crippen LogP contribution is -2.30. The lowest BCUT2D eigenvalue weighted by Gasteiger charge is -2.24. The van der Waals surface area contributed by atoms with Crippen molar-refractivity contribution in [1.29, 1.82) is 0 Å². The Kier molecular flexibility index (Phi) is 2.15. The molecule has 0 aromatic heterocycles. The largest absolute Gasteiger partial charge is 0.396 e. The second-order valence-corrected chi connectivity index (χ2v) is 3.70. The monoisotopic (exact) mass is 170 g/mol. The molecule has 1 N–H and O–H groups in total. The van der Waals surface area contributed by atoms with Crippen molar-refractivity contribution in [2.75, 3.05) is 6.61 Å². The molecule has 4 unspecified atom stereocenters. The van der Waals surface area contributed by atoms with Crippen LogP contribution < -0.4 is 0 Å². The van der Waals surface area contributed by atoms with E-state index in [0.29, 0.717) is 6.42 Å². The zero-order valence-electron chi connectivity index (χ0n) is 6.98. The second-order valence-electron chi connectivity index (χ2n) is 3.70. The first-order valence-electron chi connectivity index (χ1n) is 4.56. The summed E-state index contributed by atoms with van der Waals surface area (Å²) < 4.78 is 5.62. The molecule has 3 heteroatoms. The standard InChI is InChI=1S/C9H14O3/c10-4-3-6-7(5-11)9-2-1-8(6)12-9/h4,6-9,11H,1-3,5H2. The van der Waals surface area contributed by atoms with Crippen LogP contribution in [0.15, 0.2) is 0 Å². The Bertz CT molecular complexity index is 181. The van der Waals surface area contributed by atoms with Gasteiger partial charge < -0.3 is 14.6 Å². The number of carbonyl (C=O) groups excluding carboxylic acids is 1. The van der Waals surface area contributed by atoms with Crippen molar-refractivity contribution in [3.8, 4) is 0 Å². The van der Waals surface area contributed by atoms with E-state index >= 15 is 0 Å². The van der Waals surface area contributed by atoms with Gasteiger partial charge in [0.05, 0.1) is 12.2 Å². The fraction of sp³-hybridized carbons (Fsp3) is 0.889. The lowest BCUT2D eigenvalue weighted by atomic mass is 9.78. The third-order valence-electron chi connectivity index (χ3n) is 3.17. The highest BCUT2D eigenvalue weighted by molar-refractivity contribution is 5.50. The van der Waals surface area contributed by atoms with Crippen LogP contribution in [0.5, 0.6) is 0 Å². The van der Waals surface area contributed by atoms with Crippen LogP contribution in [-0.4, -0.2) is 30.2 Å². The Hall–Kier alpha value is -0.410. The molecule has 12 heavy (non-hydrogen) atoms. The van der Waals surface area contributed by atoms with Gasteiger partial charge in [0.15, 0.2) is 0 Å². The van der Waals surface area contributed by atoms with Gasteiger partial charge in [-0.3, -0.25) is 0 Å². The molecule has 0 aromatic rings. The van der Waals surface area contributed by atoms with Crippen molar-refractivity contribution < 1.29 is 14.6 Å². The molecule has 0 radical (unpaired) electrons. The van der Waals surface area contributed by atoms with Gasteiger partial charge in [-0.05, 0) is 18.8 Å². The van der Waals surface area contributed by atoms with Crippen molar-refractivity contribution in [3.63, 3.8) is 0 Å². The maximum atomic E-state index is 10.4. The number of carbonyl (C=O) groups is 1. The molecule has 0 saturated carbocycles. The summed E-state index contributed by atoms with van der Waals surface area (Å²) in [6, 6.07) is 0. The van der Waals surface area contributed by atoms with Gasteiger partial charge in [0.1, 0.15) is 6.29 Å². The van der Waals surface area contributed by atoms with Crippen molar-refractivity contribution in [3.05, 3.63) is 0 Å². The Morgan fingerprint density at radius 2 is 2.00 bits per heavy atom. The first kappa shape index (κ1) is 8.20. The van der Waals surface area contributed by atoms with E-state index < -0.39 is 0 Å². The summed E-state index contributed by atoms with van der Waals surface area (Å²) in [4.78, 5) is 10.4. The van der Waals surface area contributed by atoms with Crippen LogP contribution in [0.1, 0.15) is 19.3 Å². The molecular formula is C9H14O3. The van der Waals surface area contributed by atoms with Crippen molar-refractivity contribution in [2.45, 2.75) is 31.5 Å². The topological polar surface area (TPSA) is 46.5 Å². The highest BCUT2D eigenvalue weighted by Crippen LogP contribution is 2.44. The zero-order valence-corrected chi connectivity index (χ0v) is 6.98. The van der Waals surface area contributed by atoms with Gasteiger partial charge in [-0.25, -0.2) is 0 Å². The summed E-state index contributed by atoms with van der Waals surface area (Å²) in [5, 5.41) is 9.09. The van der Waals surface area contributed by atoms with Crippen LogP contribution in [0.2, 0.25) is 0 Å². The quantitative estimate of drug-likeness (QED) is 0.622. The molecule has 2 saturated heterocycles. The van der Waals surface area contributed by atoms with Crippen molar-refractivity contribution >= 4 is 6.29 Å². The third kappa shape index (κ3) is 1.08. The minimum atomic E-state index is 0.166. The molecule has 0 amide bonds. The van der Waals surface area contributed by atoms with E-state index in [4.69, 9.17) is 9.84 Å². The second kappa shape index (κ2) is 3.15. The van der Waals surface area contributed by atoms with Crippen LogP contribution in [0.25, 0.3) is 0 Å². The first-order chi connectivity index (χ1) is 5.86. The van der Waals surface area contributed by atoms with Crippen LogP contribution in [0.3, 0.4) is 0 Å². The number of aldehydes is 1. The summed E-state index contributed by atoms with van der Waals surface area (Å²) >= 11 is 0. The van der Waals surface area contributed by atoms with Crippen LogP contribution in [0.4, 0.5) is 0 Å². The maximum absolute atomic E-state index is 10.4. The van der Waals surface area contributed by atoms with E-state index in [1.807, 2.05) is 0 Å². The SMILES string of the molecule is O=CCC1C2CCC(O2)C1CO. The molecule has 2 aliphatic heterocycles. The molecule has 0 aromatic carbocycles. The van der Waals surface area contributed by atoms with E-state index in [9.17, 15) is 4.79 Å². The minimum Gasteiger partial charge on any atom is -0.396 e. The van der Waals surface area contributed by atoms with Gasteiger partial charge >= 0.3 is 0 Å². The Labute approximate surface area is 71.7 Å². The number of aliphatic hydroxyl groups excluding tert-OH is 1. The normalized spacial score (nSPS) is 45.1. The van der Waals surface area contributed by atoms with E-state index in [-0.39, 0.29) is 30.7 Å². The average Bonchev–Trinajstić information content (AvgIpc) is 2.64. The number of hydrogen-bond donors (Lipinski definition) is 1. The molecule has 3 nitrogen and oxygen atoms in total. The van der Waals surface area contributed by atoms with Crippen LogP contribution in [0, 0.1) is 11.8 Å². The maximum Gasteiger partial charge on any atom is 0.120 e. The molecule has 0 aliphatic carbocycles. The minimum absolute atomic E-state index is 0.166. The molecular weight excluding hydrogens is 156 g/mol. The molecule has 2 bridgehead atoms. The molecule has 2 rings (SSSR count). The Morgan fingerprint density at radius 1 is 1.33 bits per heavy atom. The van der Waals surface area contributed by atoms with E-state index in [1.54, 1.807) is 0 Å². The molecule has 4 atom stereocenters. The summed E-state index contributed by atoms with van der Waals surface area (Å²) in [5.74, 6) is 0.500. The molecule has 2 fully saturated rings. The fourth-order valence-corrected chi connectivity index (χ4v) is 2.56. The summed E-state index contributed by atoms with van der Waals surface area (Å²) in [7, 11) is 0.